The van der Waals surface area contributed by atoms with Gasteiger partial charge < -0.3 is 18.9 Å². The lowest BCUT2D eigenvalue weighted by atomic mass is 10.1. The molecule has 4 rings (SSSR count). The van der Waals surface area contributed by atoms with E-state index in [1.807, 2.05) is 17.5 Å². The molecule has 1 aromatic carbocycles. The summed E-state index contributed by atoms with van der Waals surface area (Å²) in [5.41, 5.74) is 1.27. The van der Waals surface area contributed by atoms with Crippen LogP contribution in [0.1, 0.15) is 12.1 Å². The summed E-state index contributed by atoms with van der Waals surface area (Å²) >= 11 is 1.54. The highest BCUT2D eigenvalue weighted by Crippen LogP contribution is 2.28. The third kappa shape index (κ3) is 3.77. The summed E-state index contributed by atoms with van der Waals surface area (Å²) in [5, 5.41) is 5.88. The van der Waals surface area contributed by atoms with Gasteiger partial charge in [0, 0.05) is 24.7 Å². The number of amides is 1. The zero-order valence-electron chi connectivity index (χ0n) is 15.2. The number of ether oxygens (including phenoxy) is 2. The quantitative estimate of drug-likeness (QED) is 0.591. The lowest BCUT2D eigenvalue weighted by Crippen LogP contribution is -2.26. The summed E-state index contributed by atoms with van der Waals surface area (Å²) in [5.74, 6) is 0.334. The minimum Gasteiger partial charge on any atom is -0.497 e. The van der Waals surface area contributed by atoms with E-state index in [2.05, 4.69) is 5.16 Å². The molecule has 1 fully saturated rings. The number of esters is 1. The summed E-state index contributed by atoms with van der Waals surface area (Å²) in [6, 6.07) is 12.8. The highest BCUT2D eigenvalue weighted by Gasteiger charge is 2.36. The van der Waals surface area contributed by atoms with Gasteiger partial charge in [0.25, 0.3) is 0 Å². The first-order valence-electron chi connectivity index (χ1n) is 8.74. The Bertz CT molecular complexity index is 965. The van der Waals surface area contributed by atoms with Gasteiger partial charge in [0.2, 0.25) is 5.91 Å². The van der Waals surface area contributed by atoms with Crippen molar-refractivity contribution in [3.05, 3.63) is 53.5 Å². The van der Waals surface area contributed by atoms with Crippen LogP contribution in [-0.2, 0) is 20.9 Å². The Kier molecular flexibility index (Phi) is 5.12. The maximum absolute atomic E-state index is 12.4. The van der Waals surface area contributed by atoms with Gasteiger partial charge in [-0.15, -0.1) is 11.3 Å². The van der Waals surface area contributed by atoms with Gasteiger partial charge in [0.1, 0.15) is 18.1 Å². The maximum Gasteiger partial charge on any atom is 0.311 e. The second-order valence-corrected chi connectivity index (χ2v) is 7.32. The van der Waals surface area contributed by atoms with E-state index in [-0.39, 0.29) is 18.9 Å². The van der Waals surface area contributed by atoms with E-state index in [1.54, 1.807) is 53.7 Å². The summed E-state index contributed by atoms with van der Waals surface area (Å²) in [4.78, 5) is 27.3. The van der Waals surface area contributed by atoms with Crippen LogP contribution in [0, 0.1) is 5.92 Å². The molecular weight excluding hydrogens is 380 g/mol. The number of benzene rings is 1. The number of hydrogen-bond donors (Lipinski definition) is 0. The molecule has 0 bridgehead atoms. The SMILES string of the molecule is COc1ccc(N2C[C@@H](C(=O)OCc3cc(-c4cccs4)on3)CC2=O)cc1. The lowest BCUT2D eigenvalue weighted by Gasteiger charge is -2.16. The van der Waals surface area contributed by atoms with Crippen LogP contribution in [0.3, 0.4) is 0 Å². The highest BCUT2D eigenvalue weighted by molar-refractivity contribution is 7.13. The number of anilines is 1. The second-order valence-electron chi connectivity index (χ2n) is 6.37. The van der Waals surface area contributed by atoms with Gasteiger partial charge in [-0.1, -0.05) is 11.2 Å². The molecule has 8 heteroatoms. The Hall–Kier alpha value is -3.13. The molecule has 1 saturated heterocycles. The number of nitrogens with zero attached hydrogens (tertiary/aromatic N) is 2. The van der Waals surface area contributed by atoms with Gasteiger partial charge >= 0.3 is 5.97 Å². The molecule has 0 radical (unpaired) electrons. The van der Waals surface area contributed by atoms with Crippen LogP contribution in [0.2, 0.25) is 0 Å². The zero-order chi connectivity index (χ0) is 19.5. The summed E-state index contributed by atoms with van der Waals surface area (Å²) < 4.78 is 15.8. The van der Waals surface area contributed by atoms with Gasteiger partial charge in [-0.2, -0.15) is 0 Å². The van der Waals surface area contributed by atoms with Crippen LogP contribution < -0.4 is 9.64 Å². The van der Waals surface area contributed by atoms with Crippen molar-refractivity contribution < 1.29 is 23.6 Å². The Morgan fingerprint density at radius 1 is 1.32 bits per heavy atom. The molecule has 0 aliphatic carbocycles. The Labute approximate surface area is 165 Å². The van der Waals surface area contributed by atoms with Gasteiger partial charge in [-0.3, -0.25) is 9.59 Å². The van der Waals surface area contributed by atoms with Crippen LogP contribution in [0.25, 0.3) is 10.6 Å². The number of carbonyl (C=O) groups is 2. The van der Waals surface area contributed by atoms with Crippen LogP contribution >= 0.6 is 11.3 Å². The first-order chi connectivity index (χ1) is 13.6. The number of rotatable bonds is 6. The number of carbonyl (C=O) groups excluding carboxylic acids is 2. The van der Waals surface area contributed by atoms with E-state index in [9.17, 15) is 9.59 Å². The van der Waals surface area contributed by atoms with Crippen molar-refractivity contribution in [3.63, 3.8) is 0 Å². The number of thiophene rings is 1. The smallest absolute Gasteiger partial charge is 0.311 e. The molecule has 0 saturated carbocycles. The molecule has 2 aromatic heterocycles. The highest BCUT2D eigenvalue weighted by atomic mass is 32.1. The monoisotopic (exact) mass is 398 g/mol. The van der Waals surface area contributed by atoms with Crippen LogP contribution in [0.4, 0.5) is 5.69 Å². The lowest BCUT2D eigenvalue weighted by molar-refractivity contribution is -0.149. The van der Waals surface area contributed by atoms with E-state index < -0.39 is 11.9 Å². The Balaban J connectivity index is 1.34. The van der Waals surface area contributed by atoms with Crippen molar-refractivity contribution in [1.29, 1.82) is 0 Å². The van der Waals surface area contributed by atoms with E-state index in [4.69, 9.17) is 14.0 Å². The topological polar surface area (TPSA) is 81.9 Å². The van der Waals surface area contributed by atoms with E-state index in [0.717, 1.165) is 10.6 Å². The van der Waals surface area contributed by atoms with Crippen molar-refractivity contribution in [3.8, 4) is 16.4 Å². The number of methoxy groups -OCH3 is 1. The summed E-state index contributed by atoms with van der Waals surface area (Å²) in [7, 11) is 1.58. The molecule has 0 N–H and O–H groups in total. The van der Waals surface area contributed by atoms with Crippen molar-refractivity contribution >= 4 is 28.9 Å². The zero-order valence-corrected chi connectivity index (χ0v) is 16.0. The van der Waals surface area contributed by atoms with E-state index >= 15 is 0 Å². The summed E-state index contributed by atoms with van der Waals surface area (Å²) in [6.45, 7) is 0.310. The molecule has 3 aromatic rings. The second kappa shape index (κ2) is 7.85. The fourth-order valence-corrected chi connectivity index (χ4v) is 3.73. The van der Waals surface area contributed by atoms with Crippen LogP contribution in [0.15, 0.2) is 52.4 Å². The molecule has 0 spiro atoms. The normalized spacial score (nSPS) is 16.4. The van der Waals surface area contributed by atoms with Crippen molar-refractivity contribution in [2.24, 2.45) is 5.92 Å². The van der Waals surface area contributed by atoms with Gasteiger partial charge in [0.05, 0.1) is 17.9 Å². The fourth-order valence-electron chi connectivity index (χ4n) is 3.05. The van der Waals surface area contributed by atoms with Gasteiger partial charge in [-0.05, 0) is 35.7 Å². The molecule has 3 heterocycles. The Morgan fingerprint density at radius 2 is 2.14 bits per heavy atom. The molecular formula is C20H18N2O5S. The van der Waals surface area contributed by atoms with E-state index in [0.29, 0.717) is 23.7 Å². The third-order valence-corrected chi connectivity index (χ3v) is 5.41. The molecule has 1 amide bonds. The van der Waals surface area contributed by atoms with Gasteiger partial charge in [-0.25, -0.2) is 0 Å². The standard InChI is InChI=1S/C20H18N2O5S/c1-25-16-6-4-15(5-7-16)22-11-13(9-19(22)23)20(24)26-12-14-10-17(27-21-14)18-3-2-8-28-18/h2-8,10,13H,9,11-12H2,1H3/t13-/m0/s1. The van der Waals surface area contributed by atoms with Gasteiger partial charge in [0.15, 0.2) is 5.76 Å². The van der Waals surface area contributed by atoms with Crippen molar-refractivity contribution in [2.45, 2.75) is 13.0 Å². The minimum absolute atomic E-state index is 0.0148. The fraction of sp³-hybridized carbons (Fsp3) is 0.250. The first-order valence-corrected chi connectivity index (χ1v) is 9.62. The number of aromatic nitrogens is 1. The maximum atomic E-state index is 12.4. The van der Waals surface area contributed by atoms with Crippen LogP contribution in [0.5, 0.6) is 5.75 Å². The predicted molar refractivity (Wildman–Crippen MR) is 103 cm³/mol. The average molecular weight is 398 g/mol. The van der Waals surface area contributed by atoms with E-state index in [1.165, 1.54) is 0 Å². The summed E-state index contributed by atoms with van der Waals surface area (Å²) in [6.07, 6.45) is 0.129. The average Bonchev–Trinajstić information content (AvgIpc) is 3.46. The Morgan fingerprint density at radius 3 is 2.86 bits per heavy atom. The predicted octanol–water partition coefficient (Wildman–Crippen LogP) is 3.51. The molecule has 0 unspecified atom stereocenters. The molecule has 1 aliphatic rings. The minimum atomic E-state index is -0.502. The largest absolute Gasteiger partial charge is 0.497 e. The molecule has 7 nitrogen and oxygen atoms in total. The molecule has 1 atom stereocenters. The first kappa shape index (κ1) is 18.2. The molecule has 1 aliphatic heterocycles. The van der Waals surface area contributed by atoms with Crippen LogP contribution in [-0.4, -0.2) is 30.7 Å². The third-order valence-electron chi connectivity index (χ3n) is 4.53. The molecule has 144 valence electrons. The molecule has 28 heavy (non-hydrogen) atoms. The van der Waals surface area contributed by atoms with Crippen molar-refractivity contribution in [2.75, 3.05) is 18.6 Å². The van der Waals surface area contributed by atoms with Crippen molar-refractivity contribution in [1.82, 2.24) is 5.16 Å². The number of hydrogen-bond acceptors (Lipinski definition) is 7.